The van der Waals surface area contributed by atoms with Gasteiger partial charge in [0.25, 0.3) is 0 Å². The van der Waals surface area contributed by atoms with Crippen LogP contribution in [0.15, 0.2) is 170 Å². The number of benzene rings is 8. The first kappa shape index (κ1) is 24.6. The van der Waals surface area contributed by atoms with Gasteiger partial charge in [-0.15, -0.1) is 0 Å². The molecule has 0 saturated heterocycles. The summed E-state index contributed by atoms with van der Waals surface area (Å²) < 4.78 is 0. The van der Waals surface area contributed by atoms with E-state index in [2.05, 4.69) is 170 Å². The summed E-state index contributed by atoms with van der Waals surface area (Å²) in [5.74, 6) is 0.358. The largest absolute Gasteiger partial charge is 0.0622 e. The van der Waals surface area contributed by atoms with Crippen molar-refractivity contribution in [2.75, 3.05) is 0 Å². The topological polar surface area (TPSA) is 0 Å². The van der Waals surface area contributed by atoms with Crippen molar-refractivity contribution in [2.24, 2.45) is 0 Å². The van der Waals surface area contributed by atoms with Crippen LogP contribution >= 0.6 is 0 Å². The molecule has 0 aromatic heterocycles. The van der Waals surface area contributed by atoms with Gasteiger partial charge in [-0.1, -0.05) is 170 Å². The summed E-state index contributed by atoms with van der Waals surface area (Å²) in [7, 11) is 0. The summed E-state index contributed by atoms with van der Waals surface area (Å²) in [5, 5.41) is 7.91. The van der Waals surface area contributed by atoms with Gasteiger partial charge >= 0.3 is 0 Å². The minimum atomic E-state index is 0.179. The molecule has 0 bridgehead atoms. The maximum Gasteiger partial charge on any atom is 0.0340 e. The lowest BCUT2D eigenvalue weighted by molar-refractivity contribution is 0.981. The van der Waals surface area contributed by atoms with Gasteiger partial charge in [0.15, 0.2) is 0 Å². The summed E-state index contributed by atoms with van der Waals surface area (Å²) in [6.45, 7) is 0. The number of hydrogen-bond acceptors (Lipinski definition) is 0. The average Bonchev–Trinajstić information content (AvgIpc) is 3.06. The quantitative estimate of drug-likeness (QED) is 0.147. The van der Waals surface area contributed by atoms with Crippen molar-refractivity contribution in [3.05, 3.63) is 203 Å². The minimum absolute atomic E-state index is 0.179. The normalized spacial score (nSPS) is 11.8. The van der Waals surface area contributed by atoms with Crippen LogP contribution in [-0.2, 0) is 0 Å². The predicted molar refractivity (Wildman–Crippen MR) is 178 cm³/mol. The van der Waals surface area contributed by atoms with Crippen molar-refractivity contribution in [1.82, 2.24) is 0 Å². The van der Waals surface area contributed by atoms with Crippen LogP contribution in [-0.4, -0.2) is 0 Å². The van der Waals surface area contributed by atoms with E-state index in [1.165, 1.54) is 65.7 Å². The average molecular weight is 535 g/mol. The second kappa shape index (κ2) is 10.3. The van der Waals surface area contributed by atoms with Crippen molar-refractivity contribution in [3.63, 3.8) is 0 Å². The van der Waals surface area contributed by atoms with Crippen LogP contribution in [0.2, 0.25) is 0 Å². The van der Waals surface area contributed by atoms with Crippen LogP contribution in [0, 0.1) is 0 Å². The van der Waals surface area contributed by atoms with E-state index in [4.69, 9.17) is 0 Å². The Bertz CT molecular complexity index is 1810. The van der Waals surface area contributed by atoms with E-state index in [-0.39, 0.29) is 11.8 Å². The molecule has 0 radical (unpaired) electrons. The smallest absolute Gasteiger partial charge is 0.0340 e. The molecule has 0 fully saturated rings. The molecule has 42 heavy (non-hydrogen) atoms. The van der Waals surface area contributed by atoms with Gasteiger partial charge in [-0.3, -0.25) is 0 Å². The Morgan fingerprint density at radius 1 is 0.238 bits per heavy atom. The molecule has 0 aliphatic rings. The monoisotopic (exact) mass is 534 g/mol. The Balaban J connectivity index is 1.32. The lowest BCUT2D eigenvalue weighted by atomic mass is 9.81. The molecule has 8 rings (SSSR count). The third-order valence-electron chi connectivity index (χ3n) is 8.78. The molecule has 0 spiro atoms. The van der Waals surface area contributed by atoms with Gasteiger partial charge in [-0.25, -0.2) is 0 Å². The van der Waals surface area contributed by atoms with E-state index in [9.17, 15) is 0 Å². The van der Waals surface area contributed by atoms with Crippen LogP contribution in [0.1, 0.15) is 45.2 Å². The Labute approximate surface area is 246 Å². The molecule has 8 aromatic rings. The van der Waals surface area contributed by atoms with Crippen molar-refractivity contribution in [3.8, 4) is 0 Å². The van der Waals surface area contributed by atoms with Crippen LogP contribution in [0.25, 0.3) is 32.3 Å². The van der Waals surface area contributed by atoms with Crippen LogP contribution in [0.5, 0.6) is 0 Å². The van der Waals surface area contributed by atoms with Crippen LogP contribution < -0.4 is 0 Å². The minimum Gasteiger partial charge on any atom is -0.0622 e. The van der Waals surface area contributed by atoms with E-state index >= 15 is 0 Å². The van der Waals surface area contributed by atoms with E-state index < -0.39 is 0 Å². The van der Waals surface area contributed by atoms with Crippen LogP contribution in [0.3, 0.4) is 0 Å². The van der Waals surface area contributed by atoms with E-state index in [0.717, 1.165) is 0 Å². The number of rotatable bonds is 6. The first-order valence-electron chi connectivity index (χ1n) is 14.8. The van der Waals surface area contributed by atoms with Gasteiger partial charge in [0, 0.05) is 11.8 Å². The van der Waals surface area contributed by atoms with Crippen molar-refractivity contribution >= 4 is 32.3 Å². The zero-order chi connectivity index (χ0) is 27.9. The predicted octanol–water partition coefficient (Wildman–Crippen LogP) is 10.9. The van der Waals surface area contributed by atoms with Crippen molar-refractivity contribution in [2.45, 2.75) is 11.8 Å². The molecular formula is C42H30. The molecule has 0 aliphatic heterocycles. The first-order chi connectivity index (χ1) is 20.8. The second-order valence-corrected chi connectivity index (χ2v) is 11.3. The highest BCUT2D eigenvalue weighted by Crippen LogP contribution is 2.42. The first-order valence-corrected chi connectivity index (χ1v) is 14.8. The molecule has 0 amide bonds. The standard InChI is InChI=1S/C42H30/c1-5-13-29(14-6-1)39(30-15-7-2-8-16-30)37-25-33-21-23-35-27-38(28-36-24-22-34(26-37)41(33)42(35)36)40(31-17-9-3-10-18-31)32-19-11-4-12-20-32/h1-28,39-40H. The molecule has 0 heterocycles. The van der Waals surface area contributed by atoms with Gasteiger partial charge in [-0.2, -0.15) is 0 Å². The lowest BCUT2D eigenvalue weighted by Gasteiger charge is -2.22. The highest BCUT2D eigenvalue weighted by atomic mass is 14.2. The molecule has 0 N–H and O–H groups in total. The Kier molecular flexibility index (Phi) is 6.04. The highest BCUT2D eigenvalue weighted by Gasteiger charge is 2.21. The summed E-state index contributed by atoms with van der Waals surface area (Å²) in [4.78, 5) is 0. The van der Waals surface area contributed by atoms with E-state index in [1.807, 2.05) is 0 Å². The molecule has 0 heteroatoms. The fourth-order valence-electron chi connectivity index (χ4n) is 6.96. The van der Waals surface area contributed by atoms with Gasteiger partial charge in [0.1, 0.15) is 0 Å². The van der Waals surface area contributed by atoms with E-state index in [1.54, 1.807) is 0 Å². The SMILES string of the molecule is c1ccc(C(c2ccccc2)c2cc3ccc4cc(C(c5ccccc5)c5ccccc5)cc5ccc(c2)c3c45)cc1. The zero-order valence-corrected chi connectivity index (χ0v) is 23.3. The molecule has 8 aromatic carbocycles. The molecular weight excluding hydrogens is 504 g/mol. The molecule has 0 nitrogen and oxygen atoms in total. The fraction of sp³-hybridized carbons (Fsp3) is 0.0476. The summed E-state index contributed by atoms with van der Waals surface area (Å²) in [6, 6.07) is 62.5. The summed E-state index contributed by atoms with van der Waals surface area (Å²) in [6.07, 6.45) is 0. The maximum atomic E-state index is 2.41. The fourth-order valence-corrected chi connectivity index (χ4v) is 6.96. The molecule has 0 aliphatic carbocycles. The zero-order valence-electron chi connectivity index (χ0n) is 23.3. The molecule has 198 valence electrons. The van der Waals surface area contributed by atoms with Gasteiger partial charge in [-0.05, 0) is 65.7 Å². The Hall–Kier alpha value is -5.20. The van der Waals surface area contributed by atoms with Crippen LogP contribution in [0.4, 0.5) is 0 Å². The third kappa shape index (κ3) is 4.24. The van der Waals surface area contributed by atoms with Crippen molar-refractivity contribution in [1.29, 1.82) is 0 Å². The molecule has 0 unspecified atom stereocenters. The van der Waals surface area contributed by atoms with Gasteiger partial charge < -0.3 is 0 Å². The highest BCUT2D eigenvalue weighted by molar-refractivity contribution is 6.23. The molecule has 0 atom stereocenters. The summed E-state index contributed by atoms with van der Waals surface area (Å²) >= 11 is 0. The Morgan fingerprint density at radius 3 is 0.714 bits per heavy atom. The van der Waals surface area contributed by atoms with E-state index in [0.29, 0.717) is 0 Å². The molecule has 0 saturated carbocycles. The second-order valence-electron chi connectivity index (χ2n) is 11.3. The van der Waals surface area contributed by atoms with Gasteiger partial charge in [0.05, 0.1) is 0 Å². The third-order valence-corrected chi connectivity index (χ3v) is 8.78. The summed E-state index contributed by atoms with van der Waals surface area (Å²) in [5.41, 5.74) is 7.91. The number of hydrogen-bond donors (Lipinski definition) is 0. The van der Waals surface area contributed by atoms with Gasteiger partial charge in [0.2, 0.25) is 0 Å². The lowest BCUT2D eigenvalue weighted by Crippen LogP contribution is -2.04. The Morgan fingerprint density at radius 2 is 0.476 bits per heavy atom. The maximum absolute atomic E-state index is 2.41. The van der Waals surface area contributed by atoms with Crippen molar-refractivity contribution < 1.29 is 0 Å².